The number of hydrogen-bond acceptors (Lipinski definition) is 4. The first-order chi connectivity index (χ1) is 7.95. The van der Waals surface area contributed by atoms with Gasteiger partial charge < -0.3 is 20.1 Å². The standard InChI is InChI=1S/C12H26N2O3/c1-12(2,3)14-6-5-11(15)13-7-8-17-10-9-16-4/h14H,5-10H2,1-4H3,(H,13,15). The monoisotopic (exact) mass is 246 g/mol. The molecule has 102 valence electrons. The lowest BCUT2D eigenvalue weighted by Crippen LogP contribution is -2.38. The van der Waals surface area contributed by atoms with E-state index >= 15 is 0 Å². The molecule has 0 rings (SSSR count). The Morgan fingerprint density at radius 2 is 1.82 bits per heavy atom. The Morgan fingerprint density at radius 3 is 2.41 bits per heavy atom. The highest BCUT2D eigenvalue weighted by Crippen LogP contribution is 1.97. The van der Waals surface area contributed by atoms with E-state index in [1.807, 2.05) is 0 Å². The summed E-state index contributed by atoms with van der Waals surface area (Å²) in [5.41, 5.74) is 0.0591. The summed E-state index contributed by atoms with van der Waals surface area (Å²) in [6, 6.07) is 0. The summed E-state index contributed by atoms with van der Waals surface area (Å²) in [6.07, 6.45) is 0.495. The van der Waals surface area contributed by atoms with Crippen LogP contribution in [0.2, 0.25) is 0 Å². The van der Waals surface area contributed by atoms with Crippen molar-refractivity contribution in [3.8, 4) is 0 Å². The molecule has 0 atom stereocenters. The molecule has 0 radical (unpaired) electrons. The minimum absolute atomic E-state index is 0.0529. The molecular weight excluding hydrogens is 220 g/mol. The number of rotatable bonds is 9. The first-order valence-electron chi connectivity index (χ1n) is 6.04. The largest absolute Gasteiger partial charge is 0.382 e. The van der Waals surface area contributed by atoms with Crippen molar-refractivity contribution in [2.24, 2.45) is 0 Å². The second-order valence-corrected chi connectivity index (χ2v) is 4.88. The van der Waals surface area contributed by atoms with Crippen molar-refractivity contribution in [2.45, 2.75) is 32.7 Å². The van der Waals surface area contributed by atoms with Crippen LogP contribution < -0.4 is 10.6 Å². The van der Waals surface area contributed by atoms with E-state index in [0.717, 1.165) is 0 Å². The van der Waals surface area contributed by atoms with Gasteiger partial charge in [-0.05, 0) is 20.8 Å². The maximum Gasteiger partial charge on any atom is 0.221 e. The van der Waals surface area contributed by atoms with E-state index in [2.05, 4.69) is 31.4 Å². The summed E-state index contributed by atoms with van der Waals surface area (Å²) in [4.78, 5) is 11.4. The third-order valence-corrected chi connectivity index (χ3v) is 2.01. The minimum Gasteiger partial charge on any atom is -0.382 e. The quantitative estimate of drug-likeness (QED) is 0.583. The summed E-state index contributed by atoms with van der Waals surface area (Å²) in [7, 11) is 1.63. The molecule has 5 heteroatoms. The Labute approximate surface area is 104 Å². The average Bonchev–Trinajstić information content (AvgIpc) is 2.21. The van der Waals surface area contributed by atoms with Gasteiger partial charge in [-0.25, -0.2) is 0 Å². The molecule has 0 aromatic heterocycles. The smallest absolute Gasteiger partial charge is 0.221 e. The van der Waals surface area contributed by atoms with Crippen LogP contribution in [-0.2, 0) is 14.3 Å². The number of carbonyl (C=O) groups excluding carboxylic acids is 1. The first kappa shape index (κ1) is 16.4. The van der Waals surface area contributed by atoms with Gasteiger partial charge in [0.15, 0.2) is 0 Å². The van der Waals surface area contributed by atoms with Gasteiger partial charge in [-0.15, -0.1) is 0 Å². The van der Waals surface area contributed by atoms with Crippen LogP contribution in [0.4, 0.5) is 0 Å². The lowest BCUT2D eigenvalue weighted by Gasteiger charge is -2.20. The molecule has 0 aliphatic carbocycles. The number of hydrogen-bond donors (Lipinski definition) is 2. The van der Waals surface area contributed by atoms with Crippen molar-refractivity contribution in [1.29, 1.82) is 0 Å². The average molecular weight is 246 g/mol. The molecule has 2 N–H and O–H groups in total. The van der Waals surface area contributed by atoms with E-state index in [1.54, 1.807) is 7.11 Å². The highest BCUT2D eigenvalue weighted by atomic mass is 16.5. The van der Waals surface area contributed by atoms with Crippen molar-refractivity contribution in [1.82, 2.24) is 10.6 Å². The third kappa shape index (κ3) is 13.3. The van der Waals surface area contributed by atoms with Gasteiger partial charge in [0, 0.05) is 32.2 Å². The number of methoxy groups -OCH3 is 1. The number of ether oxygens (including phenoxy) is 2. The van der Waals surface area contributed by atoms with Crippen LogP contribution in [-0.4, -0.2) is 51.5 Å². The van der Waals surface area contributed by atoms with Gasteiger partial charge >= 0.3 is 0 Å². The van der Waals surface area contributed by atoms with E-state index in [4.69, 9.17) is 9.47 Å². The third-order valence-electron chi connectivity index (χ3n) is 2.01. The van der Waals surface area contributed by atoms with Gasteiger partial charge in [-0.1, -0.05) is 0 Å². The molecule has 0 aromatic carbocycles. The van der Waals surface area contributed by atoms with Crippen LogP contribution >= 0.6 is 0 Å². The van der Waals surface area contributed by atoms with Crippen molar-refractivity contribution < 1.29 is 14.3 Å². The second-order valence-electron chi connectivity index (χ2n) is 4.88. The molecule has 0 unspecified atom stereocenters. The van der Waals surface area contributed by atoms with Gasteiger partial charge in [-0.3, -0.25) is 4.79 Å². The maximum absolute atomic E-state index is 11.4. The molecule has 0 aliphatic rings. The van der Waals surface area contributed by atoms with Crippen molar-refractivity contribution >= 4 is 5.91 Å². The van der Waals surface area contributed by atoms with Gasteiger partial charge in [0.2, 0.25) is 5.91 Å². The summed E-state index contributed by atoms with van der Waals surface area (Å²) in [5, 5.41) is 6.06. The summed E-state index contributed by atoms with van der Waals surface area (Å²) in [6.45, 7) is 9.17. The first-order valence-corrected chi connectivity index (χ1v) is 6.04. The molecule has 0 heterocycles. The van der Waals surface area contributed by atoms with E-state index in [1.165, 1.54) is 0 Å². The highest BCUT2D eigenvalue weighted by molar-refractivity contribution is 5.76. The van der Waals surface area contributed by atoms with Crippen LogP contribution in [0, 0.1) is 0 Å². The van der Waals surface area contributed by atoms with E-state index in [0.29, 0.717) is 39.3 Å². The Balaban J connectivity index is 3.29. The van der Waals surface area contributed by atoms with Gasteiger partial charge in [0.05, 0.1) is 19.8 Å². The molecular formula is C12H26N2O3. The Bertz CT molecular complexity index is 202. The molecule has 17 heavy (non-hydrogen) atoms. The second kappa shape index (κ2) is 9.39. The topological polar surface area (TPSA) is 59.6 Å². The van der Waals surface area contributed by atoms with Gasteiger partial charge in [0.1, 0.15) is 0 Å². The summed E-state index contributed by atoms with van der Waals surface area (Å²) < 4.78 is 10.1. The molecule has 0 aromatic rings. The highest BCUT2D eigenvalue weighted by Gasteiger charge is 2.09. The SMILES string of the molecule is COCCOCCNC(=O)CCNC(C)(C)C. The summed E-state index contributed by atoms with van der Waals surface area (Å²) in [5.74, 6) is 0.0529. The van der Waals surface area contributed by atoms with Crippen LogP contribution in [0.25, 0.3) is 0 Å². The predicted octanol–water partition coefficient (Wildman–Crippen LogP) is 0.544. The molecule has 5 nitrogen and oxygen atoms in total. The van der Waals surface area contributed by atoms with Crippen molar-refractivity contribution in [3.05, 3.63) is 0 Å². The zero-order valence-corrected chi connectivity index (χ0v) is 11.5. The minimum atomic E-state index is 0.0529. The summed E-state index contributed by atoms with van der Waals surface area (Å²) >= 11 is 0. The fraction of sp³-hybridized carbons (Fsp3) is 0.917. The zero-order valence-electron chi connectivity index (χ0n) is 11.5. The van der Waals surface area contributed by atoms with Crippen molar-refractivity contribution in [3.63, 3.8) is 0 Å². The maximum atomic E-state index is 11.4. The Kier molecular flexibility index (Phi) is 9.03. The fourth-order valence-corrected chi connectivity index (χ4v) is 1.15. The molecule has 0 saturated carbocycles. The lowest BCUT2D eigenvalue weighted by molar-refractivity contribution is -0.121. The van der Waals surface area contributed by atoms with Crippen LogP contribution in [0.1, 0.15) is 27.2 Å². The number of nitrogens with one attached hydrogen (secondary N) is 2. The van der Waals surface area contributed by atoms with Crippen molar-refractivity contribution in [2.75, 3.05) is 40.0 Å². The van der Waals surface area contributed by atoms with E-state index in [-0.39, 0.29) is 11.4 Å². The number of amides is 1. The Hall–Kier alpha value is -0.650. The van der Waals surface area contributed by atoms with E-state index in [9.17, 15) is 4.79 Å². The van der Waals surface area contributed by atoms with Gasteiger partial charge in [0.25, 0.3) is 0 Å². The van der Waals surface area contributed by atoms with Crippen LogP contribution in [0.3, 0.4) is 0 Å². The zero-order chi connectivity index (χ0) is 13.1. The number of carbonyl (C=O) groups is 1. The molecule has 0 fully saturated rings. The molecule has 1 amide bonds. The van der Waals surface area contributed by atoms with Gasteiger partial charge in [-0.2, -0.15) is 0 Å². The fourth-order valence-electron chi connectivity index (χ4n) is 1.15. The molecule has 0 saturated heterocycles. The Morgan fingerprint density at radius 1 is 1.12 bits per heavy atom. The molecule has 0 bridgehead atoms. The molecule has 0 aliphatic heterocycles. The normalized spacial score (nSPS) is 11.5. The van der Waals surface area contributed by atoms with E-state index < -0.39 is 0 Å². The van der Waals surface area contributed by atoms with Crippen LogP contribution in [0.5, 0.6) is 0 Å². The predicted molar refractivity (Wildman–Crippen MR) is 68.1 cm³/mol. The molecule has 0 spiro atoms. The van der Waals surface area contributed by atoms with Crippen LogP contribution in [0.15, 0.2) is 0 Å². The lowest BCUT2D eigenvalue weighted by atomic mass is 10.1.